The van der Waals surface area contributed by atoms with Crippen LogP contribution in [0.4, 0.5) is 4.39 Å². The lowest BCUT2D eigenvalue weighted by molar-refractivity contribution is 0.529. The molecule has 5 heteroatoms. The predicted molar refractivity (Wildman–Crippen MR) is 73.0 cm³/mol. The largest absolute Gasteiger partial charge is 0.241 e. The van der Waals surface area contributed by atoms with Crippen molar-refractivity contribution >= 4 is 10.0 Å². The van der Waals surface area contributed by atoms with E-state index >= 15 is 0 Å². The van der Waals surface area contributed by atoms with Gasteiger partial charge in [-0.2, -0.15) is 0 Å². The van der Waals surface area contributed by atoms with Crippen molar-refractivity contribution in [3.05, 3.63) is 29.1 Å². The molecule has 0 bridgehead atoms. The monoisotopic (exact) mass is 285 g/mol. The normalized spacial score (nSPS) is 17.5. The number of benzene rings is 1. The van der Waals surface area contributed by atoms with Crippen LogP contribution in [0, 0.1) is 25.6 Å². The van der Waals surface area contributed by atoms with Crippen molar-refractivity contribution in [2.75, 3.05) is 0 Å². The van der Waals surface area contributed by atoms with Gasteiger partial charge in [-0.1, -0.05) is 12.8 Å². The highest BCUT2D eigenvalue weighted by Crippen LogP contribution is 2.33. The van der Waals surface area contributed by atoms with E-state index in [1.807, 2.05) is 6.92 Å². The number of halogens is 1. The topological polar surface area (TPSA) is 46.2 Å². The highest BCUT2D eigenvalue weighted by molar-refractivity contribution is 7.89. The quantitative estimate of drug-likeness (QED) is 0.904. The molecule has 1 fully saturated rings. The van der Waals surface area contributed by atoms with Gasteiger partial charge in [0.15, 0.2) is 0 Å². The van der Waals surface area contributed by atoms with Crippen LogP contribution in [0.1, 0.15) is 37.3 Å². The summed E-state index contributed by atoms with van der Waals surface area (Å²) < 4.78 is 40.6. The van der Waals surface area contributed by atoms with Gasteiger partial charge >= 0.3 is 0 Å². The van der Waals surface area contributed by atoms with Gasteiger partial charge in [0.25, 0.3) is 0 Å². The molecule has 2 rings (SSSR count). The van der Waals surface area contributed by atoms with Gasteiger partial charge in [-0.15, -0.1) is 0 Å². The Balaban J connectivity index is 2.23. The summed E-state index contributed by atoms with van der Waals surface area (Å²) in [5.74, 6) is 0.257. The van der Waals surface area contributed by atoms with Gasteiger partial charge in [-0.25, -0.2) is 17.5 Å². The molecular formula is C14H20FNO2S. The van der Waals surface area contributed by atoms with Crippen LogP contribution in [0.3, 0.4) is 0 Å². The van der Waals surface area contributed by atoms with Gasteiger partial charge in [0.1, 0.15) is 5.82 Å². The van der Waals surface area contributed by atoms with Gasteiger partial charge in [-0.05, 0) is 56.4 Å². The smallest absolute Gasteiger partial charge is 0.208 e. The number of rotatable bonds is 5. The minimum Gasteiger partial charge on any atom is -0.208 e. The molecular weight excluding hydrogens is 265 g/mol. The van der Waals surface area contributed by atoms with E-state index in [1.165, 1.54) is 25.0 Å². The maximum absolute atomic E-state index is 13.2. The number of hydrogen-bond donors (Lipinski definition) is 1. The van der Waals surface area contributed by atoms with Gasteiger partial charge in [0.05, 0.1) is 4.90 Å². The maximum Gasteiger partial charge on any atom is 0.241 e. The molecule has 1 aromatic rings. The number of sulfonamides is 1. The molecule has 1 atom stereocenters. The second-order valence-electron chi connectivity index (χ2n) is 5.57. The van der Waals surface area contributed by atoms with E-state index < -0.39 is 15.8 Å². The third-order valence-electron chi connectivity index (χ3n) is 3.43. The average molecular weight is 285 g/mol. The Morgan fingerprint density at radius 2 is 1.84 bits per heavy atom. The molecule has 0 aliphatic heterocycles. The van der Waals surface area contributed by atoms with Crippen LogP contribution in [-0.4, -0.2) is 14.5 Å². The second-order valence-corrected chi connectivity index (χ2v) is 7.22. The van der Waals surface area contributed by atoms with Crippen molar-refractivity contribution in [2.24, 2.45) is 5.92 Å². The number of nitrogens with one attached hydrogen (secondary N) is 1. The van der Waals surface area contributed by atoms with E-state index in [2.05, 4.69) is 4.72 Å². The van der Waals surface area contributed by atoms with E-state index in [-0.39, 0.29) is 10.9 Å². The molecule has 1 aliphatic rings. The highest BCUT2D eigenvalue weighted by Gasteiger charge is 2.27. The molecule has 1 unspecified atom stereocenters. The van der Waals surface area contributed by atoms with Crippen LogP contribution in [-0.2, 0) is 10.0 Å². The zero-order chi connectivity index (χ0) is 14.2. The Kier molecular flexibility index (Phi) is 3.97. The number of aryl methyl sites for hydroxylation is 2. The van der Waals surface area contributed by atoms with Gasteiger partial charge < -0.3 is 0 Å². The van der Waals surface area contributed by atoms with Crippen molar-refractivity contribution in [1.29, 1.82) is 0 Å². The molecule has 106 valence electrons. The van der Waals surface area contributed by atoms with E-state index in [0.29, 0.717) is 17.0 Å². The van der Waals surface area contributed by atoms with Crippen molar-refractivity contribution in [1.82, 2.24) is 4.72 Å². The SMILES string of the molecule is Cc1cc(F)cc(C)c1S(=O)(=O)NC(C)CC1CC1. The molecule has 19 heavy (non-hydrogen) atoms. The van der Waals surface area contributed by atoms with E-state index in [1.54, 1.807) is 13.8 Å². The summed E-state index contributed by atoms with van der Waals surface area (Å²) >= 11 is 0. The molecule has 0 amide bonds. The average Bonchev–Trinajstić information content (AvgIpc) is 2.97. The lowest BCUT2D eigenvalue weighted by Crippen LogP contribution is -2.33. The van der Waals surface area contributed by atoms with Crippen LogP contribution >= 0.6 is 0 Å². The molecule has 1 saturated carbocycles. The minimum absolute atomic E-state index is 0.0821. The molecule has 0 heterocycles. The fourth-order valence-corrected chi connectivity index (χ4v) is 4.26. The van der Waals surface area contributed by atoms with Crippen LogP contribution in [0.5, 0.6) is 0 Å². The van der Waals surface area contributed by atoms with Crippen LogP contribution in [0.25, 0.3) is 0 Å². The zero-order valence-electron chi connectivity index (χ0n) is 11.5. The van der Waals surface area contributed by atoms with E-state index in [4.69, 9.17) is 0 Å². The maximum atomic E-state index is 13.2. The summed E-state index contributed by atoms with van der Waals surface area (Å²) in [6, 6.07) is 2.43. The summed E-state index contributed by atoms with van der Waals surface area (Å²) in [5.41, 5.74) is 0.896. The molecule has 1 aromatic carbocycles. The predicted octanol–water partition coefficient (Wildman–Crippen LogP) is 2.91. The third-order valence-corrected chi connectivity index (χ3v) is 5.33. The Morgan fingerprint density at radius 1 is 1.32 bits per heavy atom. The Labute approximate surface area is 114 Å². The molecule has 3 nitrogen and oxygen atoms in total. The molecule has 1 N–H and O–H groups in total. The summed E-state index contributed by atoms with van der Waals surface area (Å²) in [6.07, 6.45) is 3.26. The van der Waals surface area contributed by atoms with Crippen molar-refractivity contribution in [2.45, 2.75) is 51.0 Å². The first-order valence-corrected chi connectivity index (χ1v) is 8.07. The second kappa shape index (κ2) is 5.21. The first kappa shape index (κ1) is 14.5. The first-order valence-electron chi connectivity index (χ1n) is 6.58. The lowest BCUT2D eigenvalue weighted by atomic mass is 10.1. The summed E-state index contributed by atoms with van der Waals surface area (Å²) in [4.78, 5) is 0.205. The molecule has 0 spiro atoms. The first-order chi connectivity index (χ1) is 8.79. The van der Waals surface area contributed by atoms with Gasteiger partial charge in [0, 0.05) is 6.04 Å². The number of hydrogen-bond acceptors (Lipinski definition) is 2. The third kappa shape index (κ3) is 3.54. The van der Waals surface area contributed by atoms with Gasteiger partial charge in [0.2, 0.25) is 10.0 Å². The van der Waals surface area contributed by atoms with Crippen molar-refractivity contribution in [3.8, 4) is 0 Å². The Bertz CT molecular complexity index is 556. The van der Waals surface area contributed by atoms with Crippen LogP contribution < -0.4 is 4.72 Å². The Morgan fingerprint density at radius 3 is 2.32 bits per heavy atom. The molecule has 0 saturated heterocycles. The van der Waals surface area contributed by atoms with Crippen molar-refractivity contribution < 1.29 is 12.8 Å². The summed E-state index contributed by atoms with van der Waals surface area (Å²) in [7, 11) is -3.57. The van der Waals surface area contributed by atoms with E-state index in [0.717, 1.165) is 6.42 Å². The fourth-order valence-electron chi connectivity index (χ4n) is 2.55. The molecule has 0 aromatic heterocycles. The highest BCUT2D eigenvalue weighted by atomic mass is 32.2. The summed E-state index contributed by atoms with van der Waals surface area (Å²) in [5, 5.41) is 0. The fraction of sp³-hybridized carbons (Fsp3) is 0.571. The summed E-state index contributed by atoms with van der Waals surface area (Å²) in [6.45, 7) is 5.12. The van der Waals surface area contributed by atoms with Crippen LogP contribution in [0.2, 0.25) is 0 Å². The molecule has 0 radical (unpaired) electrons. The van der Waals surface area contributed by atoms with E-state index in [9.17, 15) is 12.8 Å². The standard InChI is InChI=1S/C14H20FNO2S/c1-9-6-13(15)7-10(2)14(9)19(17,18)16-11(3)8-12-4-5-12/h6-7,11-12,16H,4-5,8H2,1-3H3. The van der Waals surface area contributed by atoms with Crippen LogP contribution in [0.15, 0.2) is 17.0 Å². The van der Waals surface area contributed by atoms with Crippen molar-refractivity contribution in [3.63, 3.8) is 0 Å². The Hall–Kier alpha value is -0.940. The lowest BCUT2D eigenvalue weighted by Gasteiger charge is -2.16. The molecule has 1 aliphatic carbocycles. The van der Waals surface area contributed by atoms with Gasteiger partial charge in [-0.3, -0.25) is 0 Å². The zero-order valence-corrected chi connectivity index (χ0v) is 12.3. The minimum atomic E-state index is -3.57.